The monoisotopic (exact) mass is 312 g/mol. The van der Waals surface area contributed by atoms with Gasteiger partial charge in [0.1, 0.15) is 0 Å². The number of hydrogen-bond donors (Lipinski definition) is 2. The number of thioether (sulfide) groups is 1. The summed E-state index contributed by atoms with van der Waals surface area (Å²) in [4.78, 5) is 13.5. The minimum Gasteiger partial charge on any atom is -0.351 e. The minimum absolute atomic E-state index is 0.0106. The lowest BCUT2D eigenvalue weighted by Gasteiger charge is -2.16. The lowest BCUT2D eigenvalue weighted by Crippen LogP contribution is -2.31. The predicted molar refractivity (Wildman–Crippen MR) is 90.9 cm³/mol. The third-order valence-electron chi connectivity index (χ3n) is 3.91. The highest BCUT2D eigenvalue weighted by Crippen LogP contribution is 2.51. The van der Waals surface area contributed by atoms with Crippen molar-refractivity contribution in [3.63, 3.8) is 0 Å². The van der Waals surface area contributed by atoms with Crippen molar-refractivity contribution in [1.82, 2.24) is 5.32 Å². The van der Waals surface area contributed by atoms with Gasteiger partial charge >= 0.3 is 0 Å². The summed E-state index contributed by atoms with van der Waals surface area (Å²) in [5.41, 5.74) is 7.30. The van der Waals surface area contributed by atoms with Crippen LogP contribution in [0.4, 0.5) is 0 Å². The van der Waals surface area contributed by atoms with E-state index >= 15 is 0 Å². The van der Waals surface area contributed by atoms with Crippen LogP contribution in [0.5, 0.6) is 0 Å². The van der Waals surface area contributed by atoms with Gasteiger partial charge in [0.25, 0.3) is 5.91 Å². The zero-order chi connectivity index (χ0) is 15.4. The van der Waals surface area contributed by atoms with Gasteiger partial charge in [-0.3, -0.25) is 4.79 Å². The summed E-state index contributed by atoms with van der Waals surface area (Å²) >= 11 is 1.87. The number of amides is 1. The Labute approximate surface area is 135 Å². The van der Waals surface area contributed by atoms with Crippen LogP contribution >= 0.6 is 11.8 Å². The number of carbonyl (C=O) groups is 1. The lowest BCUT2D eigenvalue weighted by molar-refractivity contribution is 0.0953. The van der Waals surface area contributed by atoms with Crippen LogP contribution in [0.1, 0.15) is 28.8 Å². The van der Waals surface area contributed by atoms with E-state index in [2.05, 4.69) is 29.6 Å². The maximum Gasteiger partial charge on any atom is 0.251 e. The van der Waals surface area contributed by atoms with E-state index in [0.29, 0.717) is 18.7 Å². The molecule has 0 radical (unpaired) electrons. The Balaban J connectivity index is 1.56. The predicted octanol–water partition coefficient (Wildman–Crippen LogP) is 3.20. The fourth-order valence-electron chi connectivity index (χ4n) is 2.33. The third-order valence-corrected chi connectivity index (χ3v) is 5.40. The number of carbonyl (C=O) groups excluding carboxylic acids is 1. The molecule has 114 valence electrons. The van der Waals surface area contributed by atoms with Gasteiger partial charge in [0.15, 0.2) is 0 Å². The van der Waals surface area contributed by atoms with Crippen LogP contribution in [0.15, 0.2) is 59.5 Å². The van der Waals surface area contributed by atoms with Crippen LogP contribution in [-0.4, -0.2) is 17.2 Å². The van der Waals surface area contributed by atoms with Gasteiger partial charge in [-0.2, -0.15) is 0 Å². The summed E-state index contributed by atoms with van der Waals surface area (Å²) < 4.78 is 0.175. The summed E-state index contributed by atoms with van der Waals surface area (Å²) in [6, 6.07) is 17.8. The first-order valence-corrected chi connectivity index (χ1v) is 8.34. The van der Waals surface area contributed by atoms with Crippen LogP contribution in [0.2, 0.25) is 0 Å². The van der Waals surface area contributed by atoms with E-state index in [1.807, 2.05) is 42.1 Å². The van der Waals surface area contributed by atoms with Gasteiger partial charge in [0.05, 0.1) is 0 Å². The first-order valence-electron chi connectivity index (χ1n) is 7.52. The SMILES string of the molecule is NCc1ccc(C(=O)NCC2(Sc3ccccc3)CC2)cc1. The van der Waals surface area contributed by atoms with E-state index in [1.165, 1.54) is 4.90 Å². The van der Waals surface area contributed by atoms with E-state index in [9.17, 15) is 4.79 Å². The van der Waals surface area contributed by atoms with Crippen molar-refractivity contribution in [2.45, 2.75) is 29.0 Å². The largest absolute Gasteiger partial charge is 0.351 e. The lowest BCUT2D eigenvalue weighted by atomic mass is 10.1. The standard InChI is InChI=1S/C18H20N2OS/c19-12-14-6-8-15(9-7-14)17(21)20-13-18(10-11-18)22-16-4-2-1-3-5-16/h1-9H,10-13,19H2,(H,20,21). The molecule has 0 aromatic heterocycles. The van der Waals surface area contributed by atoms with Crippen LogP contribution in [0.25, 0.3) is 0 Å². The quantitative estimate of drug-likeness (QED) is 0.861. The molecule has 1 aliphatic rings. The van der Waals surface area contributed by atoms with Gasteiger partial charge in [-0.15, -0.1) is 11.8 Å². The molecule has 0 atom stereocenters. The fourth-order valence-corrected chi connectivity index (χ4v) is 3.57. The van der Waals surface area contributed by atoms with Gasteiger partial charge in [0.2, 0.25) is 0 Å². The molecule has 22 heavy (non-hydrogen) atoms. The molecule has 0 unspecified atom stereocenters. The molecule has 3 N–H and O–H groups in total. The Hall–Kier alpha value is -1.78. The highest BCUT2D eigenvalue weighted by atomic mass is 32.2. The van der Waals surface area contributed by atoms with Crippen molar-refractivity contribution in [2.75, 3.05) is 6.54 Å². The Morgan fingerprint density at radius 1 is 1.09 bits per heavy atom. The number of hydrogen-bond acceptors (Lipinski definition) is 3. The van der Waals surface area contributed by atoms with Gasteiger partial charge in [-0.1, -0.05) is 30.3 Å². The zero-order valence-electron chi connectivity index (χ0n) is 12.4. The Morgan fingerprint density at radius 2 is 1.77 bits per heavy atom. The molecular formula is C18H20N2OS. The second kappa shape index (κ2) is 6.55. The van der Waals surface area contributed by atoms with E-state index in [-0.39, 0.29) is 10.7 Å². The Morgan fingerprint density at radius 3 is 2.36 bits per heavy atom. The van der Waals surface area contributed by atoms with Crippen LogP contribution < -0.4 is 11.1 Å². The van der Waals surface area contributed by atoms with Crippen molar-refractivity contribution in [2.24, 2.45) is 5.73 Å². The molecule has 1 aliphatic carbocycles. The topological polar surface area (TPSA) is 55.1 Å². The van der Waals surface area contributed by atoms with Gasteiger partial charge < -0.3 is 11.1 Å². The van der Waals surface area contributed by atoms with Crippen LogP contribution in [0, 0.1) is 0 Å². The summed E-state index contributed by atoms with van der Waals surface area (Å²) in [5.74, 6) is -0.0106. The van der Waals surface area contributed by atoms with E-state index < -0.39 is 0 Å². The van der Waals surface area contributed by atoms with E-state index in [1.54, 1.807) is 0 Å². The third kappa shape index (κ3) is 3.70. The molecule has 4 heteroatoms. The molecule has 1 fully saturated rings. The Bertz CT molecular complexity index is 636. The zero-order valence-corrected chi connectivity index (χ0v) is 13.2. The van der Waals surface area contributed by atoms with Gasteiger partial charge in [-0.25, -0.2) is 0 Å². The summed E-state index contributed by atoms with van der Waals surface area (Å²) in [7, 11) is 0. The normalized spacial score (nSPS) is 15.3. The van der Waals surface area contributed by atoms with Crippen molar-refractivity contribution in [1.29, 1.82) is 0 Å². The second-order valence-electron chi connectivity index (χ2n) is 5.68. The summed E-state index contributed by atoms with van der Waals surface area (Å²) in [6.45, 7) is 1.21. The number of nitrogens with one attached hydrogen (secondary N) is 1. The first-order chi connectivity index (χ1) is 10.7. The maximum absolute atomic E-state index is 12.2. The fraction of sp³-hybridized carbons (Fsp3) is 0.278. The molecule has 1 amide bonds. The highest BCUT2D eigenvalue weighted by Gasteiger charge is 2.43. The molecule has 0 bridgehead atoms. The van der Waals surface area contributed by atoms with Crippen molar-refractivity contribution in [3.8, 4) is 0 Å². The average molecular weight is 312 g/mol. The summed E-state index contributed by atoms with van der Waals surface area (Å²) in [6.07, 6.45) is 2.30. The molecule has 3 rings (SSSR count). The van der Waals surface area contributed by atoms with Gasteiger partial charge in [-0.05, 0) is 42.7 Å². The van der Waals surface area contributed by atoms with Crippen LogP contribution in [-0.2, 0) is 6.54 Å². The minimum atomic E-state index is -0.0106. The Kier molecular flexibility index (Phi) is 4.50. The second-order valence-corrected chi connectivity index (χ2v) is 7.22. The van der Waals surface area contributed by atoms with Crippen LogP contribution in [0.3, 0.4) is 0 Å². The molecule has 0 spiro atoms. The average Bonchev–Trinajstić information content (AvgIpc) is 3.33. The molecule has 2 aromatic carbocycles. The number of rotatable bonds is 6. The van der Waals surface area contributed by atoms with Crippen molar-refractivity contribution >= 4 is 17.7 Å². The number of nitrogens with two attached hydrogens (primary N) is 1. The molecule has 2 aromatic rings. The maximum atomic E-state index is 12.2. The smallest absolute Gasteiger partial charge is 0.251 e. The van der Waals surface area contributed by atoms with Crippen molar-refractivity contribution in [3.05, 3.63) is 65.7 Å². The first kappa shape index (κ1) is 15.1. The van der Waals surface area contributed by atoms with Gasteiger partial charge in [0, 0.05) is 28.3 Å². The molecule has 0 heterocycles. The number of benzene rings is 2. The molecule has 3 nitrogen and oxygen atoms in total. The van der Waals surface area contributed by atoms with E-state index in [4.69, 9.17) is 5.73 Å². The van der Waals surface area contributed by atoms with Crippen molar-refractivity contribution < 1.29 is 4.79 Å². The molecule has 1 saturated carbocycles. The van der Waals surface area contributed by atoms with E-state index in [0.717, 1.165) is 18.4 Å². The molecular weight excluding hydrogens is 292 g/mol. The molecule has 0 aliphatic heterocycles. The summed E-state index contributed by atoms with van der Waals surface area (Å²) in [5, 5.41) is 3.07. The highest BCUT2D eigenvalue weighted by molar-refractivity contribution is 8.01. The molecule has 0 saturated heterocycles.